The van der Waals surface area contributed by atoms with E-state index in [1.54, 1.807) is 0 Å². The van der Waals surface area contributed by atoms with E-state index in [2.05, 4.69) is 34.7 Å². The van der Waals surface area contributed by atoms with Crippen molar-refractivity contribution in [2.45, 2.75) is 181 Å². The van der Waals surface area contributed by atoms with Crippen LogP contribution < -0.4 is 0 Å². The molecule has 3 N–H and O–H groups in total. The Labute approximate surface area is 281 Å². The molecule has 272 valence electrons. The zero-order valence-corrected chi connectivity index (χ0v) is 31.1. The molecule has 0 aromatic carbocycles. The number of nitrogens with zero attached hydrogens (tertiary/aromatic N) is 1. The van der Waals surface area contributed by atoms with Crippen LogP contribution >= 0.6 is 0 Å². The van der Waals surface area contributed by atoms with Gasteiger partial charge in [-0.1, -0.05) is 105 Å². The van der Waals surface area contributed by atoms with E-state index in [4.69, 9.17) is 9.47 Å². The normalized spacial score (nSPS) is 16.0. The maximum absolute atomic E-state index is 11.1. The summed E-state index contributed by atoms with van der Waals surface area (Å²) in [7, 11) is 2.29. The molecular weight excluding hydrogens is 562 g/mol. The predicted molar refractivity (Wildman–Crippen MR) is 193 cm³/mol. The monoisotopic (exact) mass is 645 g/mol. The average Bonchev–Trinajstić information content (AvgIpc) is 3.02. The summed E-state index contributed by atoms with van der Waals surface area (Å²) in [5.41, 5.74) is 0. The van der Waals surface area contributed by atoms with Crippen LogP contribution in [0, 0.1) is 11.8 Å². The number of hydrogen-bond donors (Lipinski definition) is 3. The molecule has 45 heavy (non-hydrogen) atoms. The summed E-state index contributed by atoms with van der Waals surface area (Å²) in [4.78, 5) is 0. The van der Waals surface area contributed by atoms with Crippen molar-refractivity contribution in [1.29, 1.82) is 0 Å². The van der Waals surface area contributed by atoms with E-state index in [1.165, 1.54) is 64.2 Å². The maximum Gasteiger partial charge on any atom is 0.102 e. The summed E-state index contributed by atoms with van der Waals surface area (Å²) in [6.07, 6.45) is 24.4. The zero-order chi connectivity index (χ0) is 33.4. The van der Waals surface area contributed by atoms with Crippen LogP contribution in [0.15, 0.2) is 0 Å². The molecule has 6 nitrogen and oxygen atoms in total. The van der Waals surface area contributed by atoms with E-state index in [-0.39, 0.29) is 30.7 Å². The molecule has 0 aliphatic rings. The third kappa shape index (κ3) is 26.4. The number of aliphatic hydroxyl groups excluding tert-OH is 3. The molecule has 0 radical (unpaired) electrons. The SMILES string of the molecule is CCCCCCCCC(O)C(CCC[N+](C)(CCO)CCCC(CCOCCC)C(O)CCCCCCCC)CCOCCC. The van der Waals surface area contributed by atoms with Crippen molar-refractivity contribution in [3.8, 4) is 0 Å². The molecular formula is C39H82NO5+. The van der Waals surface area contributed by atoms with Crippen molar-refractivity contribution in [1.82, 2.24) is 0 Å². The van der Waals surface area contributed by atoms with Crippen LogP contribution in [-0.2, 0) is 9.47 Å². The van der Waals surface area contributed by atoms with Crippen molar-refractivity contribution in [2.24, 2.45) is 11.8 Å². The first-order chi connectivity index (χ1) is 21.9. The Bertz CT molecular complexity index is 548. The van der Waals surface area contributed by atoms with Crippen LogP contribution in [0.2, 0.25) is 0 Å². The molecule has 0 aliphatic carbocycles. The van der Waals surface area contributed by atoms with Gasteiger partial charge in [0.25, 0.3) is 0 Å². The topological polar surface area (TPSA) is 79.2 Å². The first-order valence-corrected chi connectivity index (χ1v) is 19.8. The van der Waals surface area contributed by atoms with Crippen LogP contribution in [0.25, 0.3) is 0 Å². The average molecular weight is 645 g/mol. The highest BCUT2D eigenvalue weighted by Gasteiger charge is 2.26. The molecule has 4 unspecified atom stereocenters. The van der Waals surface area contributed by atoms with Gasteiger partial charge in [0.2, 0.25) is 0 Å². The Morgan fingerprint density at radius 2 is 0.844 bits per heavy atom. The van der Waals surface area contributed by atoms with Gasteiger partial charge in [0.1, 0.15) is 6.54 Å². The van der Waals surface area contributed by atoms with Crippen molar-refractivity contribution >= 4 is 0 Å². The minimum Gasteiger partial charge on any atom is -0.393 e. The van der Waals surface area contributed by atoms with Crippen LogP contribution in [-0.4, -0.2) is 91.7 Å². The third-order valence-corrected chi connectivity index (χ3v) is 9.94. The second-order valence-corrected chi connectivity index (χ2v) is 14.4. The largest absolute Gasteiger partial charge is 0.393 e. The number of likely N-dealkylation sites (N-methyl/N-ethyl adjacent to an activating group) is 1. The molecule has 0 spiro atoms. The minimum atomic E-state index is -0.248. The minimum absolute atomic E-state index is 0.195. The van der Waals surface area contributed by atoms with E-state index >= 15 is 0 Å². The highest BCUT2D eigenvalue weighted by atomic mass is 16.5. The zero-order valence-electron chi connectivity index (χ0n) is 31.1. The van der Waals surface area contributed by atoms with Gasteiger partial charge < -0.3 is 29.3 Å². The summed E-state index contributed by atoms with van der Waals surface area (Å²) < 4.78 is 12.5. The predicted octanol–water partition coefficient (Wildman–Crippen LogP) is 9.07. The van der Waals surface area contributed by atoms with Crippen molar-refractivity contribution in [3.05, 3.63) is 0 Å². The van der Waals surface area contributed by atoms with Gasteiger partial charge in [0.05, 0.1) is 39.0 Å². The van der Waals surface area contributed by atoms with Gasteiger partial charge in [-0.15, -0.1) is 0 Å². The molecule has 4 atom stereocenters. The fourth-order valence-corrected chi connectivity index (χ4v) is 6.81. The molecule has 0 aliphatic heterocycles. The first-order valence-electron chi connectivity index (χ1n) is 19.8. The van der Waals surface area contributed by atoms with Gasteiger partial charge in [0.15, 0.2) is 0 Å². The Kier molecular flexibility index (Phi) is 32.1. The fraction of sp³-hybridized carbons (Fsp3) is 1.00. The van der Waals surface area contributed by atoms with Crippen LogP contribution in [0.4, 0.5) is 0 Å². The maximum atomic E-state index is 11.1. The quantitative estimate of drug-likeness (QED) is 0.0468. The van der Waals surface area contributed by atoms with E-state index in [0.717, 1.165) is 128 Å². The second kappa shape index (κ2) is 32.3. The smallest absolute Gasteiger partial charge is 0.102 e. The Balaban J connectivity index is 4.94. The number of quaternary nitrogens is 1. The molecule has 0 amide bonds. The van der Waals surface area contributed by atoms with Gasteiger partial charge in [0, 0.05) is 26.4 Å². The molecule has 0 aromatic rings. The lowest BCUT2D eigenvalue weighted by Gasteiger charge is -2.35. The van der Waals surface area contributed by atoms with E-state index in [9.17, 15) is 15.3 Å². The summed E-state index contributed by atoms with van der Waals surface area (Å²) in [6, 6.07) is 0. The van der Waals surface area contributed by atoms with Gasteiger partial charge in [-0.2, -0.15) is 0 Å². The summed E-state index contributed by atoms with van der Waals surface area (Å²) >= 11 is 0. The van der Waals surface area contributed by atoms with Crippen LogP contribution in [0.5, 0.6) is 0 Å². The highest BCUT2D eigenvalue weighted by molar-refractivity contribution is 4.72. The van der Waals surface area contributed by atoms with Crippen molar-refractivity contribution in [3.63, 3.8) is 0 Å². The van der Waals surface area contributed by atoms with Gasteiger partial charge in [-0.25, -0.2) is 0 Å². The highest BCUT2D eigenvalue weighted by Crippen LogP contribution is 2.25. The lowest BCUT2D eigenvalue weighted by Crippen LogP contribution is -2.48. The summed E-state index contributed by atoms with van der Waals surface area (Å²) in [5.74, 6) is 0.564. The van der Waals surface area contributed by atoms with E-state index in [1.807, 2.05) is 0 Å². The number of hydrogen-bond acceptors (Lipinski definition) is 5. The van der Waals surface area contributed by atoms with Crippen LogP contribution in [0.1, 0.15) is 169 Å². The standard InChI is InChI=1S/C39H82NO5/c1-6-10-12-14-16-18-24-38(42)36(26-34-44-32-8-3)22-20-28-40(5,30-31-41)29-21-23-37(27-35-45-33-9-4)39(43)25-19-17-15-13-11-7-2/h36-39,41-43H,6-35H2,1-5H3/q+1. The molecule has 6 heteroatoms. The van der Waals surface area contributed by atoms with E-state index in [0.29, 0.717) is 0 Å². The fourth-order valence-electron chi connectivity index (χ4n) is 6.81. The molecule has 0 aromatic heterocycles. The second-order valence-electron chi connectivity index (χ2n) is 14.4. The lowest BCUT2D eigenvalue weighted by atomic mass is 9.89. The third-order valence-electron chi connectivity index (χ3n) is 9.94. The molecule has 0 fully saturated rings. The van der Waals surface area contributed by atoms with Gasteiger partial charge in [-0.3, -0.25) is 0 Å². The number of rotatable bonds is 36. The number of unbranched alkanes of at least 4 members (excludes halogenated alkanes) is 10. The summed E-state index contributed by atoms with van der Waals surface area (Å²) in [5, 5.41) is 32.2. The summed E-state index contributed by atoms with van der Waals surface area (Å²) in [6.45, 7) is 14.8. The Hall–Kier alpha value is -0.240. The molecule has 0 saturated heterocycles. The molecule has 0 heterocycles. The molecule has 0 rings (SSSR count). The van der Waals surface area contributed by atoms with Gasteiger partial charge >= 0.3 is 0 Å². The van der Waals surface area contributed by atoms with Gasteiger partial charge in [-0.05, 0) is 76.0 Å². The molecule has 0 saturated carbocycles. The lowest BCUT2D eigenvalue weighted by molar-refractivity contribution is -0.910. The van der Waals surface area contributed by atoms with Crippen LogP contribution in [0.3, 0.4) is 0 Å². The Morgan fingerprint density at radius 3 is 1.22 bits per heavy atom. The first kappa shape index (κ1) is 44.8. The van der Waals surface area contributed by atoms with Crippen molar-refractivity contribution in [2.75, 3.05) is 59.7 Å². The van der Waals surface area contributed by atoms with E-state index < -0.39 is 0 Å². The number of aliphatic hydroxyl groups is 3. The Morgan fingerprint density at radius 1 is 0.444 bits per heavy atom. The number of ether oxygens (including phenoxy) is 2. The van der Waals surface area contributed by atoms with Crippen molar-refractivity contribution < 1.29 is 29.3 Å². The molecule has 0 bridgehead atoms.